The molecule has 1 N–H and O–H groups in total. The number of halogens is 1. The first kappa shape index (κ1) is 14.3. The molecule has 0 aliphatic carbocycles. The molecule has 1 aromatic rings. The van der Waals surface area contributed by atoms with E-state index in [9.17, 15) is 4.79 Å². The topological polar surface area (TPSA) is 50.2 Å². The van der Waals surface area contributed by atoms with Crippen LogP contribution < -0.4 is 5.32 Å². The quantitative estimate of drug-likeness (QED) is 0.834. The van der Waals surface area contributed by atoms with Crippen LogP contribution in [0.25, 0.3) is 0 Å². The van der Waals surface area contributed by atoms with Gasteiger partial charge in [-0.1, -0.05) is 11.6 Å². The normalized spacial score (nSPS) is 15.2. The summed E-state index contributed by atoms with van der Waals surface area (Å²) in [6, 6.07) is 0. The summed E-state index contributed by atoms with van der Waals surface area (Å²) in [6.07, 6.45) is 2.84. The molecule has 0 atom stereocenters. The first-order valence-corrected chi connectivity index (χ1v) is 7.14. The Bertz CT molecular complexity index is 452. The molecule has 0 bridgehead atoms. The van der Waals surface area contributed by atoms with Gasteiger partial charge in [0.15, 0.2) is 0 Å². The minimum absolute atomic E-state index is 0.249. The van der Waals surface area contributed by atoms with E-state index in [1.54, 1.807) is 4.68 Å². The molecule has 1 aliphatic rings. The van der Waals surface area contributed by atoms with E-state index in [-0.39, 0.29) is 5.91 Å². The third-order valence-corrected chi connectivity index (χ3v) is 4.02. The number of aryl methyl sites for hydroxylation is 2. The summed E-state index contributed by atoms with van der Waals surface area (Å²) in [4.78, 5) is 13.8. The summed E-state index contributed by atoms with van der Waals surface area (Å²) in [5, 5.41) is 8.19. The van der Waals surface area contributed by atoms with Crippen LogP contribution in [0, 0.1) is 6.92 Å². The lowest BCUT2D eigenvalue weighted by molar-refractivity contribution is -0.130. The molecule has 0 radical (unpaired) electrons. The number of aromatic nitrogens is 2. The van der Waals surface area contributed by atoms with Crippen LogP contribution in [0.3, 0.4) is 0 Å². The monoisotopic (exact) mass is 284 g/mol. The Morgan fingerprint density at radius 2 is 2.11 bits per heavy atom. The van der Waals surface area contributed by atoms with Gasteiger partial charge in [-0.15, -0.1) is 0 Å². The molecular weight excluding hydrogens is 264 g/mol. The van der Waals surface area contributed by atoms with Gasteiger partial charge in [-0.2, -0.15) is 5.10 Å². The summed E-state index contributed by atoms with van der Waals surface area (Å²) in [5.74, 6) is 0.249. The maximum Gasteiger partial charge on any atom is 0.223 e. The Morgan fingerprint density at radius 1 is 1.42 bits per heavy atom. The summed E-state index contributed by atoms with van der Waals surface area (Å²) in [6.45, 7) is 5.13. The lowest BCUT2D eigenvalue weighted by Gasteiger charge is -2.15. The average Bonchev–Trinajstić information content (AvgIpc) is 2.98. The number of carbonyl (C=O) groups is 1. The zero-order valence-electron chi connectivity index (χ0n) is 11.6. The molecule has 1 saturated heterocycles. The first-order valence-electron chi connectivity index (χ1n) is 6.76. The standard InChI is InChI=1S/C13H21ClN4O/c1-10-11(13(14)17(2)16-10)9-15-6-5-12(19)18-7-3-4-8-18/h15H,3-9H2,1-2H3. The van der Waals surface area contributed by atoms with Crippen LogP contribution in [0.1, 0.15) is 30.5 Å². The van der Waals surface area contributed by atoms with Crippen molar-refractivity contribution >= 4 is 17.5 Å². The summed E-state index contributed by atoms with van der Waals surface area (Å²) in [7, 11) is 1.83. The molecule has 2 heterocycles. The van der Waals surface area contributed by atoms with Gasteiger partial charge in [0.1, 0.15) is 5.15 Å². The number of carbonyl (C=O) groups excluding carboxylic acids is 1. The van der Waals surface area contributed by atoms with Crippen molar-refractivity contribution in [2.24, 2.45) is 7.05 Å². The predicted octanol–water partition coefficient (Wildman–Crippen LogP) is 1.48. The van der Waals surface area contributed by atoms with E-state index in [2.05, 4.69) is 10.4 Å². The third-order valence-electron chi connectivity index (χ3n) is 3.55. The fourth-order valence-corrected chi connectivity index (χ4v) is 2.65. The van der Waals surface area contributed by atoms with Gasteiger partial charge < -0.3 is 10.2 Å². The fraction of sp³-hybridized carbons (Fsp3) is 0.692. The Morgan fingerprint density at radius 3 is 2.68 bits per heavy atom. The highest BCUT2D eigenvalue weighted by atomic mass is 35.5. The fourth-order valence-electron chi connectivity index (χ4n) is 2.41. The number of nitrogens with one attached hydrogen (secondary N) is 1. The SMILES string of the molecule is Cc1nn(C)c(Cl)c1CNCCC(=O)N1CCCC1. The summed E-state index contributed by atoms with van der Waals surface area (Å²) >= 11 is 6.14. The van der Waals surface area contributed by atoms with Crippen LogP contribution in [0.2, 0.25) is 5.15 Å². The lowest BCUT2D eigenvalue weighted by Crippen LogP contribution is -2.30. The predicted molar refractivity (Wildman–Crippen MR) is 75.1 cm³/mol. The van der Waals surface area contributed by atoms with Crippen molar-refractivity contribution in [1.82, 2.24) is 20.0 Å². The molecule has 6 heteroatoms. The maximum atomic E-state index is 11.8. The van der Waals surface area contributed by atoms with E-state index < -0.39 is 0 Å². The highest BCUT2D eigenvalue weighted by molar-refractivity contribution is 6.30. The molecule has 2 rings (SSSR count). The molecule has 19 heavy (non-hydrogen) atoms. The zero-order chi connectivity index (χ0) is 13.8. The minimum Gasteiger partial charge on any atom is -0.343 e. The Hall–Kier alpha value is -1.07. The Labute approximate surface area is 118 Å². The van der Waals surface area contributed by atoms with Crippen molar-refractivity contribution in [2.45, 2.75) is 32.7 Å². The van der Waals surface area contributed by atoms with Crippen LogP contribution in [0.4, 0.5) is 0 Å². The molecular formula is C13H21ClN4O. The molecule has 1 aliphatic heterocycles. The lowest BCUT2D eigenvalue weighted by atomic mass is 10.2. The molecule has 0 saturated carbocycles. The van der Waals surface area contributed by atoms with Gasteiger partial charge in [0.05, 0.1) is 5.69 Å². The minimum atomic E-state index is 0.249. The van der Waals surface area contributed by atoms with Crippen molar-refractivity contribution in [3.63, 3.8) is 0 Å². The van der Waals surface area contributed by atoms with Gasteiger partial charge in [0, 0.05) is 45.2 Å². The highest BCUT2D eigenvalue weighted by Crippen LogP contribution is 2.18. The van der Waals surface area contributed by atoms with Gasteiger partial charge in [-0.3, -0.25) is 9.48 Å². The number of hydrogen-bond acceptors (Lipinski definition) is 3. The number of nitrogens with zero attached hydrogens (tertiary/aromatic N) is 3. The van der Waals surface area contributed by atoms with Crippen molar-refractivity contribution in [3.8, 4) is 0 Å². The van der Waals surface area contributed by atoms with E-state index in [0.29, 0.717) is 24.7 Å². The van der Waals surface area contributed by atoms with Gasteiger partial charge in [0.25, 0.3) is 0 Å². The molecule has 5 nitrogen and oxygen atoms in total. The van der Waals surface area contributed by atoms with E-state index >= 15 is 0 Å². The molecule has 0 unspecified atom stereocenters. The van der Waals surface area contributed by atoms with Gasteiger partial charge in [-0.25, -0.2) is 0 Å². The Balaban J connectivity index is 1.73. The summed E-state index contributed by atoms with van der Waals surface area (Å²) < 4.78 is 1.67. The second kappa shape index (κ2) is 6.39. The Kier molecular flexibility index (Phi) is 4.82. The van der Waals surface area contributed by atoms with Gasteiger partial charge in [0.2, 0.25) is 5.91 Å². The first-order chi connectivity index (χ1) is 9.09. The van der Waals surface area contributed by atoms with Crippen LogP contribution in [0.5, 0.6) is 0 Å². The molecule has 1 aromatic heterocycles. The second-order valence-corrected chi connectivity index (χ2v) is 5.35. The van der Waals surface area contributed by atoms with Crippen molar-refractivity contribution in [3.05, 3.63) is 16.4 Å². The van der Waals surface area contributed by atoms with Crippen molar-refractivity contribution in [1.29, 1.82) is 0 Å². The van der Waals surface area contributed by atoms with E-state index in [4.69, 9.17) is 11.6 Å². The maximum absolute atomic E-state index is 11.8. The molecule has 1 amide bonds. The smallest absolute Gasteiger partial charge is 0.223 e. The molecule has 0 aromatic carbocycles. The van der Waals surface area contributed by atoms with Crippen LogP contribution >= 0.6 is 11.6 Å². The van der Waals surface area contributed by atoms with Crippen molar-refractivity contribution < 1.29 is 4.79 Å². The number of amides is 1. The van der Waals surface area contributed by atoms with E-state index in [1.165, 1.54) is 0 Å². The van der Waals surface area contributed by atoms with Crippen LogP contribution in [0.15, 0.2) is 0 Å². The van der Waals surface area contributed by atoms with Crippen LogP contribution in [-0.2, 0) is 18.4 Å². The average molecular weight is 285 g/mol. The van der Waals surface area contributed by atoms with Gasteiger partial charge in [-0.05, 0) is 19.8 Å². The summed E-state index contributed by atoms with van der Waals surface area (Å²) in [5.41, 5.74) is 1.95. The number of hydrogen-bond donors (Lipinski definition) is 1. The largest absolute Gasteiger partial charge is 0.343 e. The van der Waals surface area contributed by atoms with Crippen molar-refractivity contribution in [2.75, 3.05) is 19.6 Å². The zero-order valence-corrected chi connectivity index (χ0v) is 12.3. The molecule has 1 fully saturated rings. The number of likely N-dealkylation sites (tertiary alicyclic amines) is 1. The highest BCUT2D eigenvalue weighted by Gasteiger charge is 2.17. The van der Waals surface area contributed by atoms with E-state index in [0.717, 1.165) is 37.2 Å². The third kappa shape index (κ3) is 3.48. The molecule has 0 spiro atoms. The molecule has 106 valence electrons. The number of rotatable bonds is 5. The van der Waals surface area contributed by atoms with E-state index in [1.807, 2.05) is 18.9 Å². The van der Waals surface area contributed by atoms with Gasteiger partial charge >= 0.3 is 0 Å². The van der Waals surface area contributed by atoms with Crippen LogP contribution in [-0.4, -0.2) is 40.2 Å². The second-order valence-electron chi connectivity index (χ2n) is 4.99.